The van der Waals surface area contributed by atoms with Gasteiger partial charge in [0, 0.05) is 17.6 Å². The summed E-state index contributed by atoms with van der Waals surface area (Å²) < 4.78 is 5.35. The van der Waals surface area contributed by atoms with Crippen molar-refractivity contribution in [3.63, 3.8) is 0 Å². The first-order chi connectivity index (χ1) is 15.1. The number of nitrogens with one attached hydrogen (secondary N) is 2. The number of carbonyl (C=O) groups is 3. The lowest BCUT2D eigenvalue weighted by Gasteiger charge is -2.36. The highest BCUT2D eigenvalue weighted by Crippen LogP contribution is 2.25. The fourth-order valence-corrected chi connectivity index (χ4v) is 3.26. The molecule has 0 aliphatic rings. The predicted molar refractivity (Wildman–Crippen MR) is 130 cm³/mol. The number of benzene rings is 1. The summed E-state index contributed by atoms with van der Waals surface area (Å²) in [7, 11) is 0. The standard InChI is InChI=1S/C26H39N3O4/c1-11-18-13-15-19(16-14-18)21(22(30)28-25(5,6)7)29(12-2)23(31)20(17(3)4)27-24(32)33-26(8,9)10/h1,13-17,20-21H,12H2,2-10H3,(H,27,32)(H,28,30). The molecule has 2 unspecified atom stereocenters. The van der Waals surface area contributed by atoms with Crippen LogP contribution >= 0.6 is 0 Å². The smallest absolute Gasteiger partial charge is 0.408 e. The van der Waals surface area contributed by atoms with Gasteiger partial charge in [0.25, 0.3) is 0 Å². The molecule has 1 rings (SSSR count). The first kappa shape index (κ1) is 28.0. The van der Waals surface area contributed by atoms with Gasteiger partial charge < -0.3 is 20.3 Å². The van der Waals surface area contributed by atoms with E-state index in [2.05, 4.69) is 16.6 Å². The van der Waals surface area contributed by atoms with Gasteiger partial charge in [0.2, 0.25) is 11.8 Å². The maximum atomic E-state index is 13.7. The third kappa shape index (κ3) is 8.80. The predicted octanol–water partition coefficient (Wildman–Crippen LogP) is 4.02. The molecule has 3 amide bonds. The van der Waals surface area contributed by atoms with Crippen molar-refractivity contribution < 1.29 is 19.1 Å². The van der Waals surface area contributed by atoms with Gasteiger partial charge >= 0.3 is 6.09 Å². The number of hydrogen-bond donors (Lipinski definition) is 2. The maximum Gasteiger partial charge on any atom is 0.408 e. The lowest BCUT2D eigenvalue weighted by atomic mass is 9.97. The molecule has 2 N–H and O–H groups in total. The monoisotopic (exact) mass is 457 g/mol. The van der Waals surface area contributed by atoms with Gasteiger partial charge in [0.05, 0.1) is 0 Å². The number of nitrogens with zero attached hydrogens (tertiary/aromatic N) is 1. The van der Waals surface area contributed by atoms with Crippen LogP contribution in [0, 0.1) is 18.3 Å². The fraction of sp³-hybridized carbons (Fsp3) is 0.577. The molecule has 0 aliphatic heterocycles. The Hall–Kier alpha value is -3.01. The molecule has 0 saturated heterocycles. The second kappa shape index (κ2) is 11.2. The average Bonchev–Trinajstić information content (AvgIpc) is 2.66. The van der Waals surface area contributed by atoms with Crippen molar-refractivity contribution in [2.24, 2.45) is 5.92 Å². The SMILES string of the molecule is C#Cc1ccc(C(C(=O)NC(C)(C)C)N(CC)C(=O)C(NC(=O)OC(C)(C)C)C(C)C)cc1. The summed E-state index contributed by atoms with van der Waals surface area (Å²) in [6, 6.07) is 5.23. The Balaban J connectivity index is 3.38. The zero-order valence-electron chi connectivity index (χ0n) is 21.4. The van der Waals surface area contributed by atoms with Gasteiger partial charge in [-0.2, -0.15) is 0 Å². The highest BCUT2D eigenvalue weighted by molar-refractivity contribution is 5.92. The Morgan fingerprint density at radius 3 is 2.00 bits per heavy atom. The lowest BCUT2D eigenvalue weighted by molar-refractivity contribution is -0.143. The zero-order chi connectivity index (χ0) is 25.6. The number of alkyl carbamates (subject to hydrolysis) is 1. The van der Waals surface area contributed by atoms with Gasteiger partial charge in [-0.25, -0.2) is 4.79 Å². The van der Waals surface area contributed by atoms with E-state index < -0.39 is 29.3 Å². The summed E-state index contributed by atoms with van der Waals surface area (Å²) in [6.45, 7) is 16.6. The Bertz CT molecular complexity index is 871. The summed E-state index contributed by atoms with van der Waals surface area (Å²) in [5, 5.41) is 5.66. The van der Waals surface area contributed by atoms with Crippen molar-refractivity contribution >= 4 is 17.9 Å². The lowest BCUT2D eigenvalue weighted by Crippen LogP contribution is -2.56. The number of ether oxygens (including phenoxy) is 1. The van der Waals surface area contributed by atoms with Gasteiger partial charge in [0.1, 0.15) is 17.7 Å². The molecule has 0 fully saturated rings. The van der Waals surface area contributed by atoms with E-state index in [1.807, 2.05) is 34.6 Å². The van der Waals surface area contributed by atoms with E-state index in [9.17, 15) is 14.4 Å². The van der Waals surface area contributed by atoms with Crippen LogP contribution in [0.2, 0.25) is 0 Å². The summed E-state index contributed by atoms with van der Waals surface area (Å²) in [6.07, 6.45) is 4.79. The summed E-state index contributed by atoms with van der Waals surface area (Å²) >= 11 is 0. The topological polar surface area (TPSA) is 87.7 Å². The van der Waals surface area contributed by atoms with Crippen LogP contribution in [0.5, 0.6) is 0 Å². The highest BCUT2D eigenvalue weighted by atomic mass is 16.6. The van der Waals surface area contributed by atoms with Crippen LogP contribution in [0.25, 0.3) is 0 Å². The van der Waals surface area contributed by atoms with E-state index in [1.54, 1.807) is 52.0 Å². The van der Waals surface area contributed by atoms with Gasteiger partial charge in [-0.1, -0.05) is 31.9 Å². The number of hydrogen-bond acceptors (Lipinski definition) is 4. The molecule has 7 nitrogen and oxygen atoms in total. The van der Waals surface area contributed by atoms with Crippen molar-refractivity contribution in [2.75, 3.05) is 6.54 Å². The number of carbonyl (C=O) groups excluding carboxylic acids is 3. The second-order valence-corrected chi connectivity index (χ2v) is 10.4. The number of rotatable bonds is 7. The van der Waals surface area contributed by atoms with Gasteiger partial charge in [-0.05, 0) is 72.1 Å². The van der Waals surface area contributed by atoms with Gasteiger partial charge in [-0.15, -0.1) is 6.42 Å². The molecule has 0 aromatic heterocycles. The Labute approximate surface area is 198 Å². The average molecular weight is 458 g/mol. The van der Waals surface area contributed by atoms with E-state index in [1.165, 1.54) is 4.90 Å². The molecule has 33 heavy (non-hydrogen) atoms. The van der Waals surface area contributed by atoms with Crippen LogP contribution in [0.1, 0.15) is 79.5 Å². The molecule has 0 radical (unpaired) electrons. The van der Waals surface area contributed by atoms with Crippen molar-refractivity contribution in [3.05, 3.63) is 35.4 Å². The minimum atomic E-state index is -0.893. The van der Waals surface area contributed by atoms with Crippen molar-refractivity contribution in [3.8, 4) is 12.3 Å². The molecule has 182 valence electrons. The molecular formula is C26H39N3O4. The summed E-state index contributed by atoms with van der Waals surface area (Å²) in [4.78, 5) is 40.9. The van der Waals surface area contributed by atoms with Crippen LogP contribution in [-0.2, 0) is 14.3 Å². The Morgan fingerprint density at radius 2 is 1.61 bits per heavy atom. The second-order valence-electron chi connectivity index (χ2n) is 10.4. The summed E-state index contributed by atoms with van der Waals surface area (Å²) in [5.41, 5.74) is 0.107. The zero-order valence-corrected chi connectivity index (χ0v) is 21.4. The fourth-order valence-electron chi connectivity index (χ4n) is 3.26. The molecule has 0 saturated carbocycles. The molecule has 7 heteroatoms. The third-order valence-corrected chi connectivity index (χ3v) is 4.68. The molecular weight excluding hydrogens is 418 g/mol. The molecule has 0 aliphatic carbocycles. The van der Waals surface area contributed by atoms with Crippen LogP contribution in [0.15, 0.2) is 24.3 Å². The minimum Gasteiger partial charge on any atom is -0.444 e. The highest BCUT2D eigenvalue weighted by Gasteiger charge is 2.37. The molecule has 0 bridgehead atoms. The molecule has 0 spiro atoms. The van der Waals surface area contributed by atoms with E-state index in [0.29, 0.717) is 11.1 Å². The van der Waals surface area contributed by atoms with E-state index in [0.717, 1.165) is 0 Å². The molecule has 2 atom stereocenters. The molecule has 0 heterocycles. The first-order valence-corrected chi connectivity index (χ1v) is 11.3. The maximum absolute atomic E-state index is 13.7. The number of amides is 3. The van der Waals surface area contributed by atoms with Gasteiger partial charge in [-0.3, -0.25) is 9.59 Å². The quantitative estimate of drug-likeness (QED) is 0.606. The normalized spacial score (nSPS) is 13.5. The van der Waals surface area contributed by atoms with Crippen LogP contribution in [0.3, 0.4) is 0 Å². The van der Waals surface area contributed by atoms with Crippen molar-refractivity contribution in [1.29, 1.82) is 0 Å². The van der Waals surface area contributed by atoms with Crippen LogP contribution in [-0.4, -0.2) is 46.5 Å². The summed E-state index contributed by atoms with van der Waals surface area (Å²) in [5.74, 6) is 1.65. The van der Waals surface area contributed by atoms with E-state index in [-0.39, 0.29) is 24.3 Å². The Kier molecular flexibility index (Phi) is 9.53. The molecule has 1 aromatic rings. The number of likely N-dealkylation sites (N-methyl/N-ethyl adjacent to an activating group) is 1. The van der Waals surface area contributed by atoms with Crippen LogP contribution in [0.4, 0.5) is 4.79 Å². The van der Waals surface area contributed by atoms with Gasteiger partial charge in [0.15, 0.2) is 0 Å². The minimum absolute atomic E-state index is 0.228. The van der Waals surface area contributed by atoms with Crippen molar-refractivity contribution in [2.45, 2.75) is 85.5 Å². The van der Waals surface area contributed by atoms with E-state index in [4.69, 9.17) is 11.2 Å². The largest absolute Gasteiger partial charge is 0.444 e. The Morgan fingerprint density at radius 1 is 1.06 bits per heavy atom. The first-order valence-electron chi connectivity index (χ1n) is 11.3. The van der Waals surface area contributed by atoms with Crippen molar-refractivity contribution in [1.82, 2.24) is 15.5 Å². The third-order valence-electron chi connectivity index (χ3n) is 4.68. The number of terminal acetylenes is 1. The van der Waals surface area contributed by atoms with Crippen LogP contribution < -0.4 is 10.6 Å². The molecule has 1 aromatic carbocycles. The van der Waals surface area contributed by atoms with E-state index >= 15 is 0 Å².